The lowest BCUT2D eigenvalue weighted by molar-refractivity contribution is -0.123. The van der Waals surface area contributed by atoms with Gasteiger partial charge in [-0.05, 0) is 45.4 Å². The monoisotopic (exact) mass is 435 g/mol. The molecule has 7 heteroatoms. The number of hydrogen-bond donors (Lipinski definition) is 2. The van der Waals surface area contributed by atoms with Crippen LogP contribution < -0.4 is 15.5 Å². The van der Waals surface area contributed by atoms with Crippen LogP contribution in [0, 0.1) is 0 Å². The van der Waals surface area contributed by atoms with Crippen LogP contribution >= 0.6 is 0 Å². The minimum absolute atomic E-state index is 0.203. The molecule has 168 valence electrons. The summed E-state index contributed by atoms with van der Waals surface area (Å²) in [5, 5.41) is 6.74. The van der Waals surface area contributed by atoms with Crippen molar-refractivity contribution in [2.75, 3.05) is 0 Å². The normalized spacial score (nSPS) is 16.4. The Morgan fingerprint density at radius 1 is 1.12 bits per heavy atom. The third-order valence-electron chi connectivity index (χ3n) is 4.69. The fourth-order valence-electron chi connectivity index (χ4n) is 3.16. The number of rotatable bonds is 6. The van der Waals surface area contributed by atoms with Gasteiger partial charge >= 0.3 is 6.09 Å². The first-order valence-corrected chi connectivity index (χ1v) is 10.5. The zero-order chi connectivity index (χ0) is 23.1. The maximum absolute atomic E-state index is 12.8. The van der Waals surface area contributed by atoms with Crippen molar-refractivity contribution in [3.63, 3.8) is 0 Å². The van der Waals surface area contributed by atoms with Crippen LogP contribution in [0.3, 0.4) is 0 Å². The molecule has 2 aromatic carbocycles. The second-order valence-electron chi connectivity index (χ2n) is 8.57. The van der Waals surface area contributed by atoms with Crippen LogP contribution in [-0.4, -0.2) is 36.0 Å². The summed E-state index contributed by atoms with van der Waals surface area (Å²) >= 11 is 0. The summed E-state index contributed by atoms with van der Waals surface area (Å²) in [7, 11) is 0. The van der Waals surface area contributed by atoms with Gasteiger partial charge < -0.3 is 14.8 Å². The molecule has 0 aromatic heterocycles. The molecule has 1 heterocycles. The molecule has 0 bridgehead atoms. The van der Waals surface area contributed by atoms with Gasteiger partial charge in [0.2, 0.25) is 0 Å². The third kappa shape index (κ3) is 6.70. The van der Waals surface area contributed by atoms with Crippen molar-refractivity contribution >= 4 is 24.3 Å². The molecule has 2 amide bonds. The predicted octanol–water partition coefficient (Wildman–Crippen LogP) is 4.09. The van der Waals surface area contributed by atoms with Gasteiger partial charge in [0.1, 0.15) is 23.5 Å². The summed E-state index contributed by atoms with van der Waals surface area (Å²) < 4.78 is 11.2. The quantitative estimate of drug-likeness (QED) is 0.528. The molecule has 0 aliphatic carbocycles. The Morgan fingerprint density at radius 3 is 2.53 bits per heavy atom. The lowest BCUT2D eigenvalue weighted by Crippen LogP contribution is -2.48. The first-order chi connectivity index (χ1) is 15.2. The van der Waals surface area contributed by atoms with Crippen molar-refractivity contribution < 1.29 is 19.1 Å². The van der Waals surface area contributed by atoms with Crippen LogP contribution in [0.2, 0.25) is 0 Å². The molecule has 2 aromatic rings. The maximum Gasteiger partial charge on any atom is 0.408 e. The van der Waals surface area contributed by atoms with Crippen LogP contribution in [0.15, 0.2) is 65.3 Å². The van der Waals surface area contributed by atoms with Gasteiger partial charge in [-0.3, -0.25) is 4.79 Å². The summed E-state index contributed by atoms with van der Waals surface area (Å²) in [6, 6.07) is 16.3. The molecule has 1 aliphatic rings. The molecule has 0 radical (unpaired) electrons. The van der Waals surface area contributed by atoms with Crippen LogP contribution in [0.4, 0.5) is 4.79 Å². The van der Waals surface area contributed by atoms with E-state index in [0.29, 0.717) is 6.42 Å². The summed E-state index contributed by atoms with van der Waals surface area (Å²) in [6.07, 6.45) is 2.97. The van der Waals surface area contributed by atoms with Gasteiger partial charge in [-0.25, -0.2) is 10.2 Å². The number of carbonyl (C=O) groups excluding carboxylic acids is 2. The Labute approximate surface area is 188 Å². The van der Waals surface area contributed by atoms with Crippen molar-refractivity contribution in [2.24, 2.45) is 5.10 Å². The number of ether oxygens (including phenoxy) is 2. The van der Waals surface area contributed by atoms with Gasteiger partial charge in [0.15, 0.2) is 0 Å². The molecule has 0 saturated heterocycles. The van der Waals surface area contributed by atoms with E-state index in [2.05, 4.69) is 15.8 Å². The number of para-hydroxylation sites is 1. The molecular formula is C25H29N3O4. The fourth-order valence-corrected chi connectivity index (χ4v) is 3.16. The number of hydrogen-bond acceptors (Lipinski definition) is 5. The van der Waals surface area contributed by atoms with Gasteiger partial charge in [-0.15, -0.1) is 0 Å². The molecule has 3 rings (SSSR count). The first kappa shape index (κ1) is 23.1. The smallest absolute Gasteiger partial charge is 0.408 e. The van der Waals surface area contributed by atoms with E-state index in [4.69, 9.17) is 9.47 Å². The summed E-state index contributed by atoms with van der Waals surface area (Å²) in [4.78, 5) is 25.1. The highest BCUT2D eigenvalue weighted by atomic mass is 16.6. The van der Waals surface area contributed by atoms with E-state index in [0.717, 1.165) is 22.4 Å². The largest absolute Gasteiger partial charge is 0.485 e. The van der Waals surface area contributed by atoms with Gasteiger partial charge in [0.05, 0.1) is 6.21 Å². The topological polar surface area (TPSA) is 89.0 Å². The summed E-state index contributed by atoms with van der Waals surface area (Å²) in [6.45, 7) is 7.21. The van der Waals surface area contributed by atoms with Crippen molar-refractivity contribution in [1.29, 1.82) is 0 Å². The number of hydrazone groups is 1. The van der Waals surface area contributed by atoms with Crippen molar-refractivity contribution in [3.8, 4) is 5.75 Å². The van der Waals surface area contributed by atoms with Crippen LogP contribution in [0.25, 0.3) is 6.08 Å². The number of fused-ring (bicyclic) bond motifs is 1. The maximum atomic E-state index is 12.8. The average Bonchev–Trinajstić information content (AvgIpc) is 2.73. The standard InChI is InChI=1S/C25H29N3O4/c1-17-20(15-19-12-8-9-13-22(19)31-17)16-26-28-23(29)21(14-18-10-6-5-7-11-18)27-24(30)32-25(2,3)4/h5-13,15-17,21H,14H2,1-4H3,(H,27,30)(H,28,29)/b26-16-/t17-,21+/m0/s1. The fraction of sp³-hybridized carbons (Fsp3) is 0.320. The van der Waals surface area contributed by atoms with E-state index in [1.165, 1.54) is 0 Å². The average molecular weight is 436 g/mol. The third-order valence-corrected chi connectivity index (χ3v) is 4.69. The van der Waals surface area contributed by atoms with Crippen molar-refractivity contribution in [2.45, 2.75) is 51.9 Å². The molecule has 2 atom stereocenters. The van der Waals surface area contributed by atoms with E-state index in [9.17, 15) is 9.59 Å². The second-order valence-corrected chi connectivity index (χ2v) is 8.57. The van der Waals surface area contributed by atoms with Gasteiger partial charge in [0, 0.05) is 17.6 Å². The molecule has 0 unspecified atom stereocenters. The van der Waals surface area contributed by atoms with Crippen molar-refractivity contribution in [3.05, 3.63) is 71.3 Å². The Morgan fingerprint density at radius 2 is 1.81 bits per heavy atom. The minimum atomic E-state index is -0.848. The van der Waals surface area contributed by atoms with Crippen LogP contribution in [0.1, 0.15) is 38.8 Å². The highest BCUT2D eigenvalue weighted by Crippen LogP contribution is 2.28. The SMILES string of the molecule is C[C@@H]1Oc2ccccc2C=C1/C=N\NC(=O)[C@@H](Cc1ccccc1)NC(=O)OC(C)(C)C. The molecule has 1 aliphatic heterocycles. The Hall–Kier alpha value is -3.61. The lowest BCUT2D eigenvalue weighted by atomic mass is 10.0. The van der Waals surface area contributed by atoms with Crippen LogP contribution in [0.5, 0.6) is 5.75 Å². The highest BCUT2D eigenvalue weighted by Gasteiger charge is 2.25. The zero-order valence-corrected chi connectivity index (χ0v) is 18.8. The van der Waals surface area contributed by atoms with Crippen LogP contribution in [-0.2, 0) is 16.0 Å². The number of nitrogens with one attached hydrogen (secondary N) is 2. The van der Waals surface area contributed by atoms with Crippen molar-refractivity contribution in [1.82, 2.24) is 10.7 Å². The molecule has 0 spiro atoms. The first-order valence-electron chi connectivity index (χ1n) is 10.5. The molecule has 0 saturated carbocycles. The van der Waals surface area contributed by atoms with E-state index < -0.39 is 23.6 Å². The number of benzene rings is 2. The zero-order valence-electron chi connectivity index (χ0n) is 18.8. The Balaban J connectivity index is 1.69. The lowest BCUT2D eigenvalue weighted by Gasteiger charge is -2.23. The van der Waals surface area contributed by atoms with E-state index >= 15 is 0 Å². The number of alkyl carbamates (subject to hydrolysis) is 1. The number of amides is 2. The number of nitrogens with zero attached hydrogens (tertiary/aromatic N) is 1. The molecule has 32 heavy (non-hydrogen) atoms. The van der Waals surface area contributed by atoms with E-state index in [1.807, 2.05) is 67.6 Å². The van der Waals surface area contributed by atoms with Gasteiger partial charge in [-0.2, -0.15) is 5.10 Å². The molecule has 7 nitrogen and oxygen atoms in total. The molecular weight excluding hydrogens is 406 g/mol. The van der Waals surface area contributed by atoms with E-state index in [1.54, 1.807) is 27.0 Å². The highest BCUT2D eigenvalue weighted by molar-refractivity contribution is 5.91. The van der Waals surface area contributed by atoms with Gasteiger partial charge in [0.25, 0.3) is 5.91 Å². The van der Waals surface area contributed by atoms with E-state index in [-0.39, 0.29) is 6.10 Å². The van der Waals surface area contributed by atoms with Gasteiger partial charge in [-0.1, -0.05) is 48.5 Å². The molecule has 0 fully saturated rings. The Bertz CT molecular complexity index is 1010. The second kappa shape index (κ2) is 10.1. The Kier molecular flexibility index (Phi) is 7.30. The molecule has 2 N–H and O–H groups in total. The summed E-state index contributed by atoms with van der Waals surface area (Å²) in [5.41, 5.74) is 4.53. The summed E-state index contributed by atoms with van der Waals surface area (Å²) in [5.74, 6) is 0.368. The predicted molar refractivity (Wildman–Crippen MR) is 124 cm³/mol. The minimum Gasteiger partial charge on any atom is -0.485 e. The number of carbonyl (C=O) groups is 2.